The highest BCUT2D eigenvalue weighted by Crippen LogP contribution is 2.40. The molecule has 2 rings (SSSR count). The predicted molar refractivity (Wildman–Crippen MR) is 126 cm³/mol. The third kappa shape index (κ3) is 6.49. The third-order valence-corrected chi connectivity index (χ3v) is 4.96. The molecule has 1 atom stereocenters. The Morgan fingerprint density at radius 2 is 1.55 bits per heavy atom. The van der Waals surface area contributed by atoms with E-state index in [1.54, 1.807) is 12.1 Å². The van der Waals surface area contributed by atoms with E-state index in [4.69, 9.17) is 42.1 Å². The molecular formula is C22H25Cl2N3O6. The molecule has 0 radical (unpaired) electrons. The SMILES string of the molecule is CCOc1cc(Cl)c(N=NC(C(C)=O)C(=O)Nc2c(OC)ccc(OC)c2Cl)cc1OCC. The average molecular weight is 498 g/mol. The van der Waals surface area contributed by atoms with Crippen LogP contribution in [0.15, 0.2) is 34.5 Å². The second-order valence-corrected chi connectivity index (χ2v) is 7.28. The van der Waals surface area contributed by atoms with Crippen LogP contribution in [0.5, 0.6) is 23.0 Å². The molecule has 33 heavy (non-hydrogen) atoms. The number of Topliss-reactive ketones (excluding diaryl/α,β-unsaturated/α-hetero) is 1. The van der Waals surface area contributed by atoms with Crippen molar-refractivity contribution in [2.24, 2.45) is 10.2 Å². The number of nitrogens with zero attached hydrogens (tertiary/aromatic N) is 2. The van der Waals surface area contributed by atoms with Gasteiger partial charge in [0.2, 0.25) is 6.04 Å². The maximum atomic E-state index is 12.9. The summed E-state index contributed by atoms with van der Waals surface area (Å²) in [4.78, 5) is 25.0. The van der Waals surface area contributed by atoms with Crippen LogP contribution in [0.4, 0.5) is 11.4 Å². The van der Waals surface area contributed by atoms with E-state index >= 15 is 0 Å². The highest BCUT2D eigenvalue weighted by Gasteiger charge is 2.26. The fourth-order valence-corrected chi connectivity index (χ4v) is 3.22. The molecule has 2 aromatic carbocycles. The number of anilines is 1. The van der Waals surface area contributed by atoms with Crippen molar-refractivity contribution < 1.29 is 28.5 Å². The van der Waals surface area contributed by atoms with Gasteiger partial charge in [-0.15, -0.1) is 0 Å². The van der Waals surface area contributed by atoms with E-state index in [0.717, 1.165) is 0 Å². The van der Waals surface area contributed by atoms with E-state index in [0.29, 0.717) is 30.5 Å². The van der Waals surface area contributed by atoms with Crippen LogP contribution in [0.3, 0.4) is 0 Å². The van der Waals surface area contributed by atoms with Crippen LogP contribution in [-0.2, 0) is 9.59 Å². The van der Waals surface area contributed by atoms with Crippen LogP contribution in [0.1, 0.15) is 20.8 Å². The van der Waals surface area contributed by atoms with Gasteiger partial charge in [0.15, 0.2) is 17.3 Å². The van der Waals surface area contributed by atoms with Crippen molar-refractivity contribution in [2.75, 3.05) is 32.8 Å². The van der Waals surface area contributed by atoms with Crippen molar-refractivity contribution in [2.45, 2.75) is 26.8 Å². The van der Waals surface area contributed by atoms with Gasteiger partial charge in [-0.05, 0) is 32.9 Å². The van der Waals surface area contributed by atoms with Gasteiger partial charge in [0, 0.05) is 12.1 Å². The van der Waals surface area contributed by atoms with Crippen molar-refractivity contribution >= 4 is 46.3 Å². The number of benzene rings is 2. The molecule has 1 unspecified atom stereocenters. The molecule has 0 aliphatic rings. The first kappa shape index (κ1) is 26.2. The summed E-state index contributed by atoms with van der Waals surface area (Å²) in [5.74, 6) is 0.161. The van der Waals surface area contributed by atoms with Gasteiger partial charge in [0.25, 0.3) is 5.91 Å². The summed E-state index contributed by atoms with van der Waals surface area (Å²) in [7, 11) is 2.85. The molecule has 0 aliphatic heterocycles. The summed E-state index contributed by atoms with van der Waals surface area (Å²) in [6.07, 6.45) is 0. The molecule has 0 fully saturated rings. The Labute approximate surface area is 202 Å². The predicted octanol–water partition coefficient (Wildman–Crippen LogP) is 5.49. The molecule has 0 saturated carbocycles. The molecule has 0 aliphatic carbocycles. The number of rotatable bonds is 11. The number of nitrogens with one attached hydrogen (secondary N) is 1. The van der Waals surface area contributed by atoms with Crippen LogP contribution in [0, 0.1) is 0 Å². The fourth-order valence-electron chi connectivity index (χ4n) is 2.75. The number of methoxy groups -OCH3 is 2. The Bertz CT molecular complexity index is 1050. The first-order chi connectivity index (χ1) is 15.8. The highest BCUT2D eigenvalue weighted by atomic mass is 35.5. The quantitative estimate of drug-likeness (QED) is 0.324. The minimum Gasteiger partial charge on any atom is -0.495 e. The van der Waals surface area contributed by atoms with Crippen molar-refractivity contribution in [3.8, 4) is 23.0 Å². The van der Waals surface area contributed by atoms with E-state index in [1.165, 1.54) is 33.3 Å². The maximum absolute atomic E-state index is 12.9. The summed E-state index contributed by atoms with van der Waals surface area (Å²) in [5.41, 5.74) is 0.349. The largest absolute Gasteiger partial charge is 0.495 e. The molecule has 11 heteroatoms. The van der Waals surface area contributed by atoms with Gasteiger partial charge >= 0.3 is 0 Å². The first-order valence-corrected chi connectivity index (χ1v) is 10.7. The molecule has 0 heterocycles. The van der Waals surface area contributed by atoms with Crippen LogP contribution in [0.2, 0.25) is 10.0 Å². The number of ketones is 1. The summed E-state index contributed by atoms with van der Waals surface area (Å²) in [5, 5.41) is 10.8. The summed E-state index contributed by atoms with van der Waals surface area (Å²) in [6, 6.07) is 4.75. The van der Waals surface area contributed by atoms with Crippen molar-refractivity contribution in [1.82, 2.24) is 0 Å². The Morgan fingerprint density at radius 1 is 0.970 bits per heavy atom. The molecule has 9 nitrogen and oxygen atoms in total. The lowest BCUT2D eigenvalue weighted by Crippen LogP contribution is -2.32. The molecule has 1 amide bonds. The number of amides is 1. The van der Waals surface area contributed by atoms with E-state index in [9.17, 15) is 9.59 Å². The van der Waals surface area contributed by atoms with Gasteiger partial charge < -0.3 is 24.3 Å². The first-order valence-electron chi connectivity index (χ1n) is 9.99. The van der Waals surface area contributed by atoms with Crippen LogP contribution in [-0.4, -0.2) is 45.2 Å². The second-order valence-electron chi connectivity index (χ2n) is 6.49. The zero-order valence-electron chi connectivity index (χ0n) is 18.9. The number of hydrogen-bond acceptors (Lipinski definition) is 8. The number of ether oxygens (including phenoxy) is 4. The van der Waals surface area contributed by atoms with Gasteiger partial charge in [0.05, 0.1) is 32.5 Å². The second kappa shape index (κ2) is 12.3. The lowest BCUT2D eigenvalue weighted by Gasteiger charge is -2.16. The summed E-state index contributed by atoms with van der Waals surface area (Å²) >= 11 is 12.6. The minimum atomic E-state index is -1.46. The van der Waals surface area contributed by atoms with Crippen molar-refractivity contribution in [1.29, 1.82) is 0 Å². The minimum absolute atomic E-state index is 0.111. The molecule has 178 valence electrons. The molecule has 1 N–H and O–H groups in total. The normalized spacial score (nSPS) is 11.7. The highest BCUT2D eigenvalue weighted by molar-refractivity contribution is 6.36. The maximum Gasteiger partial charge on any atom is 0.258 e. The molecule has 0 spiro atoms. The number of carbonyl (C=O) groups is 2. The molecule has 0 aromatic heterocycles. The van der Waals surface area contributed by atoms with Crippen LogP contribution >= 0.6 is 23.2 Å². The van der Waals surface area contributed by atoms with Crippen LogP contribution < -0.4 is 24.3 Å². The molecule has 0 bridgehead atoms. The van der Waals surface area contributed by atoms with Crippen molar-refractivity contribution in [3.05, 3.63) is 34.3 Å². The van der Waals surface area contributed by atoms with E-state index in [2.05, 4.69) is 15.5 Å². The number of azo groups is 1. The Morgan fingerprint density at radius 3 is 2.09 bits per heavy atom. The van der Waals surface area contributed by atoms with E-state index in [1.807, 2.05) is 13.8 Å². The molecule has 2 aromatic rings. The Balaban J connectivity index is 2.36. The standard InChI is InChI=1S/C22H25Cl2N3O6/c1-6-32-17-10-13(23)14(11-18(17)33-7-2)26-27-20(12(3)28)22(29)25-21-16(31-5)9-8-15(30-4)19(21)24/h8-11,20H,6-7H2,1-5H3,(H,25,29). The molecule has 0 saturated heterocycles. The van der Waals surface area contributed by atoms with Crippen LogP contribution in [0.25, 0.3) is 0 Å². The number of halogens is 2. The van der Waals surface area contributed by atoms with Gasteiger partial charge in [-0.3, -0.25) is 9.59 Å². The van der Waals surface area contributed by atoms with Gasteiger partial charge in [0.1, 0.15) is 27.9 Å². The molecular weight excluding hydrogens is 473 g/mol. The zero-order valence-corrected chi connectivity index (χ0v) is 20.4. The monoisotopic (exact) mass is 497 g/mol. The van der Waals surface area contributed by atoms with Gasteiger partial charge in [-0.1, -0.05) is 23.2 Å². The average Bonchev–Trinajstić information content (AvgIpc) is 2.77. The fraction of sp³-hybridized carbons (Fsp3) is 0.364. The topological polar surface area (TPSA) is 108 Å². The Kier molecular flexibility index (Phi) is 9.74. The lowest BCUT2D eigenvalue weighted by atomic mass is 10.2. The lowest BCUT2D eigenvalue weighted by molar-refractivity contribution is -0.126. The van der Waals surface area contributed by atoms with E-state index < -0.39 is 17.7 Å². The third-order valence-electron chi connectivity index (χ3n) is 4.28. The van der Waals surface area contributed by atoms with Gasteiger partial charge in [-0.2, -0.15) is 10.2 Å². The zero-order chi connectivity index (χ0) is 24.5. The Hall–Kier alpha value is -3.04. The van der Waals surface area contributed by atoms with E-state index in [-0.39, 0.29) is 27.2 Å². The number of carbonyl (C=O) groups excluding carboxylic acids is 2. The number of hydrogen-bond donors (Lipinski definition) is 1. The van der Waals surface area contributed by atoms with Gasteiger partial charge in [-0.25, -0.2) is 0 Å². The van der Waals surface area contributed by atoms with Crippen molar-refractivity contribution in [3.63, 3.8) is 0 Å². The summed E-state index contributed by atoms with van der Waals surface area (Å²) in [6.45, 7) is 5.68. The smallest absolute Gasteiger partial charge is 0.258 e. The summed E-state index contributed by atoms with van der Waals surface area (Å²) < 4.78 is 21.5.